The lowest BCUT2D eigenvalue weighted by atomic mass is 9.78. The first kappa shape index (κ1) is 19.0. The molecule has 2 fully saturated rings. The monoisotopic (exact) mass is 325 g/mol. The molecule has 0 aliphatic heterocycles. The lowest BCUT2D eigenvalue weighted by molar-refractivity contribution is 0.290. The van der Waals surface area contributed by atoms with Crippen molar-refractivity contribution in [2.24, 2.45) is 23.7 Å². The quantitative estimate of drug-likeness (QED) is 0.281. The Hall–Kier alpha value is -1.29. The Labute approximate surface area is 149 Å². The van der Waals surface area contributed by atoms with Crippen LogP contribution in [0.25, 0.3) is 0 Å². The van der Waals surface area contributed by atoms with Crippen LogP contribution in [0.5, 0.6) is 0 Å². The van der Waals surface area contributed by atoms with E-state index in [0.29, 0.717) is 0 Å². The van der Waals surface area contributed by atoms with Crippen LogP contribution in [0.1, 0.15) is 77.6 Å². The molecule has 132 valence electrons. The van der Waals surface area contributed by atoms with E-state index in [1.807, 2.05) is 18.2 Å². The molecule has 0 heterocycles. The van der Waals surface area contributed by atoms with Gasteiger partial charge in [0.1, 0.15) is 0 Å². The van der Waals surface area contributed by atoms with Gasteiger partial charge in [0.25, 0.3) is 0 Å². The summed E-state index contributed by atoms with van der Waals surface area (Å²) in [4.78, 5) is 0. The van der Waals surface area contributed by atoms with E-state index in [0.717, 1.165) is 30.1 Å². The molecule has 1 nitrogen and oxygen atoms in total. The predicted molar refractivity (Wildman–Crippen MR) is 103 cm³/mol. The average molecular weight is 326 g/mol. The minimum absolute atomic E-state index is 0.847. The van der Waals surface area contributed by atoms with Gasteiger partial charge in [-0.3, -0.25) is 0 Å². The predicted octanol–water partition coefficient (Wildman–Crippen LogP) is 6.98. The Bertz CT molecular complexity index is 449. The molecule has 0 amide bonds. The molecule has 2 aliphatic rings. The van der Waals surface area contributed by atoms with E-state index in [4.69, 9.17) is 5.26 Å². The normalized spacial score (nSPS) is 31.8. The summed E-state index contributed by atoms with van der Waals surface area (Å²) in [6.45, 7) is 2.35. The molecular formula is C23H35N. The van der Waals surface area contributed by atoms with Crippen LogP contribution < -0.4 is 0 Å². The molecule has 1 heteroatoms. The van der Waals surface area contributed by atoms with E-state index in [1.54, 1.807) is 0 Å². The molecule has 0 spiro atoms. The molecular weight excluding hydrogens is 290 g/mol. The number of nitriles is 1. The molecule has 0 atom stereocenters. The lowest BCUT2D eigenvalue weighted by Crippen LogP contribution is -2.14. The lowest BCUT2D eigenvalue weighted by Gasteiger charge is -2.28. The molecule has 0 aromatic carbocycles. The highest BCUT2D eigenvalue weighted by Crippen LogP contribution is 2.35. The molecule has 0 unspecified atom stereocenters. The van der Waals surface area contributed by atoms with E-state index in [9.17, 15) is 0 Å². The Morgan fingerprint density at radius 1 is 0.833 bits per heavy atom. The van der Waals surface area contributed by atoms with Gasteiger partial charge in [-0.1, -0.05) is 43.7 Å². The third-order valence-electron chi connectivity index (χ3n) is 6.18. The SMILES string of the molecule is CCC1CCC(C=CC2CCC(CCC=CC=CC#N)CC2)CC1. The minimum Gasteiger partial charge on any atom is -0.193 e. The van der Waals surface area contributed by atoms with Crippen molar-refractivity contribution in [2.75, 3.05) is 0 Å². The zero-order valence-corrected chi connectivity index (χ0v) is 15.5. The van der Waals surface area contributed by atoms with Gasteiger partial charge < -0.3 is 0 Å². The van der Waals surface area contributed by atoms with E-state index in [2.05, 4.69) is 25.2 Å². The van der Waals surface area contributed by atoms with Crippen molar-refractivity contribution in [3.05, 3.63) is 36.5 Å². The largest absolute Gasteiger partial charge is 0.193 e. The van der Waals surface area contributed by atoms with Gasteiger partial charge in [-0.05, 0) is 87.9 Å². The van der Waals surface area contributed by atoms with Crippen molar-refractivity contribution < 1.29 is 0 Å². The highest BCUT2D eigenvalue weighted by atomic mass is 14.3. The topological polar surface area (TPSA) is 23.8 Å². The maximum Gasteiger partial charge on any atom is 0.0912 e. The summed E-state index contributed by atoms with van der Waals surface area (Å²) >= 11 is 0. The van der Waals surface area contributed by atoms with E-state index in [-0.39, 0.29) is 0 Å². The van der Waals surface area contributed by atoms with Crippen LogP contribution in [0.2, 0.25) is 0 Å². The summed E-state index contributed by atoms with van der Waals surface area (Å²) < 4.78 is 0. The smallest absolute Gasteiger partial charge is 0.0912 e. The highest BCUT2D eigenvalue weighted by Gasteiger charge is 2.21. The molecule has 0 aromatic rings. The first-order valence-corrected chi connectivity index (χ1v) is 10.2. The van der Waals surface area contributed by atoms with Crippen LogP contribution in [0.15, 0.2) is 36.5 Å². The Morgan fingerprint density at radius 2 is 1.42 bits per heavy atom. The van der Waals surface area contributed by atoms with Crippen molar-refractivity contribution in [3.8, 4) is 6.07 Å². The van der Waals surface area contributed by atoms with Crippen LogP contribution in [-0.2, 0) is 0 Å². The molecule has 0 saturated heterocycles. The third kappa shape index (κ3) is 7.08. The number of allylic oxidation sites excluding steroid dienone is 6. The fourth-order valence-electron chi connectivity index (χ4n) is 4.38. The van der Waals surface area contributed by atoms with Crippen LogP contribution >= 0.6 is 0 Å². The highest BCUT2D eigenvalue weighted by molar-refractivity contribution is 5.11. The number of hydrogen-bond acceptors (Lipinski definition) is 1. The first-order valence-electron chi connectivity index (χ1n) is 10.2. The molecule has 0 bridgehead atoms. The average Bonchev–Trinajstić information content (AvgIpc) is 2.64. The first-order chi connectivity index (χ1) is 11.8. The number of nitrogens with zero attached hydrogens (tertiary/aromatic N) is 1. The Morgan fingerprint density at radius 3 is 1.96 bits per heavy atom. The summed E-state index contributed by atoms with van der Waals surface area (Å²) in [6, 6.07) is 2.02. The maximum atomic E-state index is 8.43. The molecule has 0 N–H and O–H groups in total. The van der Waals surface area contributed by atoms with Gasteiger partial charge in [0.05, 0.1) is 6.07 Å². The zero-order chi connectivity index (χ0) is 17.0. The van der Waals surface area contributed by atoms with E-state index < -0.39 is 0 Å². The number of rotatable bonds is 7. The second-order valence-electron chi connectivity index (χ2n) is 7.85. The molecule has 24 heavy (non-hydrogen) atoms. The van der Waals surface area contributed by atoms with Gasteiger partial charge >= 0.3 is 0 Å². The second-order valence-corrected chi connectivity index (χ2v) is 7.85. The van der Waals surface area contributed by atoms with Crippen LogP contribution in [-0.4, -0.2) is 0 Å². The number of hydrogen-bond donors (Lipinski definition) is 0. The van der Waals surface area contributed by atoms with Gasteiger partial charge in [-0.15, -0.1) is 0 Å². The van der Waals surface area contributed by atoms with Gasteiger partial charge in [-0.2, -0.15) is 5.26 Å². The minimum atomic E-state index is 0.847. The maximum absolute atomic E-state index is 8.43. The van der Waals surface area contributed by atoms with Crippen molar-refractivity contribution >= 4 is 0 Å². The Balaban J connectivity index is 1.59. The van der Waals surface area contributed by atoms with Crippen molar-refractivity contribution in [1.29, 1.82) is 5.26 Å². The van der Waals surface area contributed by atoms with Crippen molar-refractivity contribution in [3.63, 3.8) is 0 Å². The summed E-state index contributed by atoms with van der Waals surface area (Å²) in [5.74, 6) is 3.64. The fourth-order valence-corrected chi connectivity index (χ4v) is 4.38. The van der Waals surface area contributed by atoms with E-state index in [1.165, 1.54) is 70.3 Å². The van der Waals surface area contributed by atoms with Gasteiger partial charge in [0, 0.05) is 6.08 Å². The zero-order valence-electron chi connectivity index (χ0n) is 15.5. The second kappa shape index (κ2) is 11.3. The van der Waals surface area contributed by atoms with Gasteiger partial charge in [-0.25, -0.2) is 0 Å². The van der Waals surface area contributed by atoms with Crippen molar-refractivity contribution in [1.82, 2.24) is 0 Å². The molecule has 2 saturated carbocycles. The molecule has 2 aliphatic carbocycles. The summed E-state index contributed by atoms with van der Waals surface area (Å²) in [5, 5.41) is 8.43. The fraction of sp³-hybridized carbons (Fsp3) is 0.696. The summed E-state index contributed by atoms with van der Waals surface area (Å²) in [7, 11) is 0. The van der Waals surface area contributed by atoms with Crippen LogP contribution in [0.4, 0.5) is 0 Å². The Kier molecular flexibility index (Phi) is 8.96. The van der Waals surface area contributed by atoms with E-state index >= 15 is 0 Å². The van der Waals surface area contributed by atoms with Crippen molar-refractivity contribution in [2.45, 2.75) is 77.6 Å². The third-order valence-corrected chi connectivity index (χ3v) is 6.18. The molecule has 2 rings (SSSR count). The van der Waals surface area contributed by atoms with Gasteiger partial charge in [0.15, 0.2) is 0 Å². The molecule has 0 radical (unpaired) electrons. The van der Waals surface area contributed by atoms with Crippen LogP contribution in [0.3, 0.4) is 0 Å². The summed E-state index contributed by atoms with van der Waals surface area (Å²) in [6.07, 6.45) is 27.9. The van der Waals surface area contributed by atoms with Gasteiger partial charge in [0.2, 0.25) is 0 Å². The molecule has 0 aromatic heterocycles. The van der Waals surface area contributed by atoms with Crippen LogP contribution in [0, 0.1) is 35.0 Å². The standard InChI is InChI=1S/C23H35N/c1-2-20-9-11-22(12-10-20)17-18-23-15-13-21(14-16-23)8-6-4-3-5-7-19-24/h3-5,7,17-18,20-23H,2,6,8-16H2,1H3. The summed E-state index contributed by atoms with van der Waals surface area (Å²) in [5.41, 5.74) is 0.